The number of carbonyl (C=O) groups is 1. The summed E-state index contributed by atoms with van der Waals surface area (Å²) in [6.07, 6.45) is 1.35. The monoisotopic (exact) mass is 327 g/mol. The predicted octanol–water partition coefficient (Wildman–Crippen LogP) is 2.87. The molecule has 0 saturated carbocycles. The maximum atomic E-state index is 11.9. The third-order valence-corrected chi connectivity index (χ3v) is 3.91. The van der Waals surface area contributed by atoms with Crippen LogP contribution in [-0.2, 0) is 11.2 Å². The van der Waals surface area contributed by atoms with Crippen LogP contribution in [0.15, 0.2) is 54.6 Å². The van der Waals surface area contributed by atoms with Gasteiger partial charge < -0.3 is 15.2 Å². The molecule has 1 amide bonds. The summed E-state index contributed by atoms with van der Waals surface area (Å²) in [6.45, 7) is 3.81. The van der Waals surface area contributed by atoms with Gasteiger partial charge >= 0.3 is 0 Å². The van der Waals surface area contributed by atoms with Gasteiger partial charge in [0, 0.05) is 6.54 Å². The Labute approximate surface area is 143 Å². The second kappa shape index (κ2) is 8.50. The van der Waals surface area contributed by atoms with E-state index in [0.717, 1.165) is 12.0 Å². The Morgan fingerprint density at radius 1 is 1.12 bits per heavy atom. The summed E-state index contributed by atoms with van der Waals surface area (Å²) in [5.41, 5.74) is 1.21. The number of hydrogen-bond donors (Lipinski definition) is 2. The lowest BCUT2D eigenvalue weighted by Crippen LogP contribution is -2.42. The molecule has 0 spiro atoms. The van der Waals surface area contributed by atoms with Crippen LogP contribution >= 0.6 is 0 Å². The largest absolute Gasteiger partial charge is 0.484 e. The predicted molar refractivity (Wildman–Crippen MR) is 95.1 cm³/mol. The fourth-order valence-electron chi connectivity index (χ4n) is 2.35. The highest BCUT2D eigenvalue weighted by Gasteiger charge is 2.21. The van der Waals surface area contributed by atoms with Gasteiger partial charge in [0.15, 0.2) is 6.61 Å². The van der Waals surface area contributed by atoms with Gasteiger partial charge in [-0.15, -0.1) is 0 Å². The first-order chi connectivity index (χ1) is 11.5. The van der Waals surface area contributed by atoms with Crippen molar-refractivity contribution in [3.8, 4) is 5.75 Å². The summed E-state index contributed by atoms with van der Waals surface area (Å²) >= 11 is 0. The lowest BCUT2D eigenvalue weighted by atomic mass is 9.97. The number of aliphatic hydroxyl groups is 1. The van der Waals surface area contributed by atoms with Gasteiger partial charge in [-0.2, -0.15) is 0 Å². The van der Waals surface area contributed by atoms with Crippen molar-refractivity contribution >= 4 is 5.91 Å². The average Bonchev–Trinajstić information content (AvgIpc) is 2.59. The number of benzene rings is 2. The van der Waals surface area contributed by atoms with Crippen molar-refractivity contribution in [2.24, 2.45) is 0 Å². The van der Waals surface area contributed by atoms with Crippen molar-refractivity contribution in [2.45, 2.75) is 32.3 Å². The smallest absolute Gasteiger partial charge is 0.258 e. The van der Waals surface area contributed by atoms with E-state index in [-0.39, 0.29) is 19.1 Å². The zero-order valence-electron chi connectivity index (χ0n) is 14.3. The number of amides is 1. The summed E-state index contributed by atoms with van der Waals surface area (Å²) in [6, 6.07) is 17.6. The van der Waals surface area contributed by atoms with E-state index in [4.69, 9.17) is 4.74 Å². The van der Waals surface area contributed by atoms with Gasteiger partial charge in [-0.05, 0) is 43.9 Å². The van der Waals surface area contributed by atoms with E-state index in [1.54, 1.807) is 6.92 Å². The first kappa shape index (κ1) is 18.0. The minimum atomic E-state index is -0.950. The van der Waals surface area contributed by atoms with Gasteiger partial charge in [0.2, 0.25) is 0 Å². The summed E-state index contributed by atoms with van der Waals surface area (Å²) in [5, 5.41) is 13.1. The van der Waals surface area contributed by atoms with Crippen LogP contribution in [0.4, 0.5) is 0 Å². The highest BCUT2D eigenvalue weighted by atomic mass is 16.5. The molecule has 4 heteroatoms. The Morgan fingerprint density at radius 3 is 2.50 bits per heavy atom. The first-order valence-corrected chi connectivity index (χ1v) is 8.18. The number of hydrogen-bond acceptors (Lipinski definition) is 3. The van der Waals surface area contributed by atoms with Crippen LogP contribution in [0.3, 0.4) is 0 Å². The third kappa shape index (κ3) is 6.05. The molecule has 0 heterocycles. The highest BCUT2D eigenvalue weighted by molar-refractivity contribution is 5.77. The Hall–Kier alpha value is -2.33. The second-order valence-electron chi connectivity index (χ2n) is 6.31. The molecule has 0 saturated heterocycles. The Bertz CT molecular complexity index is 653. The molecule has 128 valence electrons. The van der Waals surface area contributed by atoms with Crippen LogP contribution in [0.1, 0.15) is 24.5 Å². The number of nitrogens with one attached hydrogen (secondary N) is 1. The SMILES string of the molecule is Cc1ccccc1OCC(=O)NCC(C)(O)CCc1ccccc1. The number of carbonyl (C=O) groups excluding carboxylic acids is 1. The van der Waals surface area contributed by atoms with Crippen LogP contribution in [0.2, 0.25) is 0 Å². The van der Waals surface area contributed by atoms with Gasteiger partial charge in [0.1, 0.15) is 5.75 Å². The zero-order chi connectivity index (χ0) is 17.4. The summed E-state index contributed by atoms with van der Waals surface area (Å²) in [5.74, 6) is 0.460. The topological polar surface area (TPSA) is 58.6 Å². The van der Waals surface area contributed by atoms with Gasteiger partial charge in [0.25, 0.3) is 5.91 Å². The highest BCUT2D eigenvalue weighted by Crippen LogP contribution is 2.16. The van der Waals surface area contributed by atoms with Crippen LogP contribution in [0.25, 0.3) is 0 Å². The molecule has 4 nitrogen and oxygen atoms in total. The normalized spacial score (nSPS) is 13.1. The van der Waals surface area contributed by atoms with Crippen LogP contribution < -0.4 is 10.1 Å². The zero-order valence-corrected chi connectivity index (χ0v) is 14.3. The van der Waals surface area contributed by atoms with Crippen LogP contribution in [-0.4, -0.2) is 29.8 Å². The van der Waals surface area contributed by atoms with E-state index in [2.05, 4.69) is 5.32 Å². The average molecular weight is 327 g/mol. The molecule has 2 aromatic carbocycles. The van der Waals surface area contributed by atoms with Crippen molar-refractivity contribution in [3.63, 3.8) is 0 Å². The number of rotatable bonds is 8. The van der Waals surface area contributed by atoms with Crippen LogP contribution in [0.5, 0.6) is 5.75 Å². The quantitative estimate of drug-likeness (QED) is 0.784. The van der Waals surface area contributed by atoms with Gasteiger partial charge in [-0.3, -0.25) is 4.79 Å². The van der Waals surface area contributed by atoms with Crippen LogP contribution in [0, 0.1) is 6.92 Å². The molecule has 0 aliphatic carbocycles. The minimum Gasteiger partial charge on any atom is -0.484 e. The number of para-hydroxylation sites is 1. The van der Waals surface area contributed by atoms with Crippen molar-refractivity contribution < 1.29 is 14.6 Å². The first-order valence-electron chi connectivity index (χ1n) is 8.18. The van der Waals surface area contributed by atoms with Crippen molar-refractivity contribution in [3.05, 3.63) is 65.7 Å². The van der Waals surface area contributed by atoms with E-state index in [1.165, 1.54) is 5.56 Å². The van der Waals surface area contributed by atoms with Gasteiger partial charge in [-0.1, -0.05) is 48.5 Å². The maximum absolute atomic E-state index is 11.9. The summed E-state index contributed by atoms with van der Waals surface area (Å²) in [7, 11) is 0. The third-order valence-electron chi connectivity index (χ3n) is 3.91. The molecule has 2 N–H and O–H groups in total. The number of aryl methyl sites for hydroxylation is 2. The molecule has 1 unspecified atom stereocenters. The second-order valence-corrected chi connectivity index (χ2v) is 6.31. The molecule has 24 heavy (non-hydrogen) atoms. The Balaban J connectivity index is 1.72. The molecule has 0 bridgehead atoms. The van der Waals surface area contributed by atoms with E-state index >= 15 is 0 Å². The molecule has 0 aromatic heterocycles. The fraction of sp³-hybridized carbons (Fsp3) is 0.350. The fourth-order valence-corrected chi connectivity index (χ4v) is 2.35. The molecule has 1 atom stereocenters. The van der Waals surface area contributed by atoms with Crippen molar-refractivity contribution in [2.75, 3.05) is 13.2 Å². The standard InChI is InChI=1S/C20H25NO3/c1-16-8-6-7-11-18(16)24-14-19(22)21-15-20(2,23)13-12-17-9-4-3-5-10-17/h3-11,23H,12-15H2,1-2H3,(H,21,22). The molecule has 0 radical (unpaired) electrons. The van der Waals surface area contributed by atoms with Gasteiger partial charge in [-0.25, -0.2) is 0 Å². The molecule has 0 fully saturated rings. The van der Waals surface area contributed by atoms with Gasteiger partial charge in [0.05, 0.1) is 5.60 Å². The summed E-state index contributed by atoms with van der Waals surface area (Å²) in [4.78, 5) is 11.9. The minimum absolute atomic E-state index is 0.0559. The Kier molecular flexibility index (Phi) is 6.38. The lowest BCUT2D eigenvalue weighted by molar-refractivity contribution is -0.124. The lowest BCUT2D eigenvalue weighted by Gasteiger charge is -2.23. The van der Waals surface area contributed by atoms with E-state index in [9.17, 15) is 9.90 Å². The van der Waals surface area contributed by atoms with Crippen molar-refractivity contribution in [1.82, 2.24) is 5.32 Å². The van der Waals surface area contributed by atoms with Crippen molar-refractivity contribution in [1.29, 1.82) is 0 Å². The van der Waals surface area contributed by atoms with E-state index in [0.29, 0.717) is 12.2 Å². The molecular formula is C20H25NO3. The molecule has 2 rings (SSSR count). The molecular weight excluding hydrogens is 302 g/mol. The summed E-state index contributed by atoms with van der Waals surface area (Å²) < 4.78 is 5.50. The molecule has 2 aromatic rings. The van der Waals surface area contributed by atoms with E-state index < -0.39 is 5.60 Å². The molecule has 0 aliphatic rings. The maximum Gasteiger partial charge on any atom is 0.258 e. The van der Waals surface area contributed by atoms with E-state index in [1.807, 2.05) is 61.5 Å². The Morgan fingerprint density at radius 2 is 1.79 bits per heavy atom. The number of ether oxygens (including phenoxy) is 1. The molecule has 0 aliphatic heterocycles.